The standard InChI is InChI=1S/C16H13FN2O/c1-11-7-14(5-6-15(11)17)16(20)19-10-13-4-2-3-12(8-13)9-18/h2-8H,10H2,1H3,(H,19,20). The lowest BCUT2D eigenvalue weighted by Gasteiger charge is -2.06. The van der Waals surface area contributed by atoms with Gasteiger partial charge in [0, 0.05) is 12.1 Å². The van der Waals surface area contributed by atoms with Gasteiger partial charge >= 0.3 is 0 Å². The van der Waals surface area contributed by atoms with E-state index < -0.39 is 0 Å². The largest absolute Gasteiger partial charge is 0.348 e. The predicted octanol–water partition coefficient (Wildman–Crippen LogP) is 2.94. The maximum Gasteiger partial charge on any atom is 0.251 e. The molecule has 2 aromatic carbocycles. The zero-order valence-electron chi connectivity index (χ0n) is 11.0. The van der Waals surface area contributed by atoms with Crippen molar-refractivity contribution in [3.63, 3.8) is 0 Å². The molecule has 0 radical (unpaired) electrons. The number of benzene rings is 2. The third kappa shape index (κ3) is 3.21. The van der Waals surface area contributed by atoms with Gasteiger partial charge in [0.2, 0.25) is 0 Å². The second-order valence-electron chi connectivity index (χ2n) is 4.46. The molecule has 0 heterocycles. The number of carbonyl (C=O) groups excluding carboxylic acids is 1. The Morgan fingerprint density at radius 3 is 2.80 bits per heavy atom. The quantitative estimate of drug-likeness (QED) is 0.930. The van der Waals surface area contributed by atoms with Crippen molar-refractivity contribution in [2.24, 2.45) is 0 Å². The van der Waals surface area contributed by atoms with E-state index in [1.54, 1.807) is 25.1 Å². The van der Waals surface area contributed by atoms with Gasteiger partial charge in [0.1, 0.15) is 5.82 Å². The number of nitrogens with one attached hydrogen (secondary N) is 1. The summed E-state index contributed by atoms with van der Waals surface area (Å²) in [5, 5.41) is 11.5. The highest BCUT2D eigenvalue weighted by atomic mass is 19.1. The third-order valence-corrected chi connectivity index (χ3v) is 2.93. The minimum Gasteiger partial charge on any atom is -0.348 e. The van der Waals surface area contributed by atoms with Gasteiger partial charge in [-0.15, -0.1) is 0 Å². The van der Waals surface area contributed by atoms with Crippen LogP contribution in [0.1, 0.15) is 27.0 Å². The molecule has 2 aromatic rings. The molecule has 1 amide bonds. The summed E-state index contributed by atoms with van der Waals surface area (Å²) < 4.78 is 13.1. The smallest absolute Gasteiger partial charge is 0.251 e. The van der Waals surface area contributed by atoms with Crippen LogP contribution in [0.25, 0.3) is 0 Å². The lowest BCUT2D eigenvalue weighted by molar-refractivity contribution is 0.0951. The second kappa shape index (κ2) is 5.98. The molecule has 3 nitrogen and oxygen atoms in total. The van der Waals surface area contributed by atoms with Crippen molar-refractivity contribution < 1.29 is 9.18 Å². The molecule has 0 aliphatic heterocycles. The van der Waals surface area contributed by atoms with Gasteiger partial charge in [-0.1, -0.05) is 12.1 Å². The summed E-state index contributed by atoms with van der Waals surface area (Å²) >= 11 is 0. The van der Waals surface area contributed by atoms with Crippen molar-refractivity contribution in [1.29, 1.82) is 5.26 Å². The van der Waals surface area contributed by atoms with Crippen molar-refractivity contribution in [2.75, 3.05) is 0 Å². The Morgan fingerprint density at radius 2 is 2.10 bits per heavy atom. The van der Waals surface area contributed by atoms with Crippen molar-refractivity contribution in [2.45, 2.75) is 13.5 Å². The van der Waals surface area contributed by atoms with Gasteiger partial charge in [0.05, 0.1) is 11.6 Å². The highest BCUT2D eigenvalue weighted by Gasteiger charge is 2.07. The number of aryl methyl sites for hydroxylation is 1. The Labute approximate surface area is 116 Å². The van der Waals surface area contributed by atoms with Crippen LogP contribution >= 0.6 is 0 Å². The molecule has 0 saturated carbocycles. The van der Waals surface area contributed by atoms with Crippen LogP contribution in [0.3, 0.4) is 0 Å². The number of hydrogen-bond acceptors (Lipinski definition) is 2. The molecule has 4 heteroatoms. The summed E-state index contributed by atoms with van der Waals surface area (Å²) in [6.45, 7) is 1.94. The average molecular weight is 268 g/mol. The molecule has 0 bridgehead atoms. The van der Waals surface area contributed by atoms with Crippen LogP contribution in [0.4, 0.5) is 4.39 Å². The molecule has 0 atom stereocenters. The molecule has 2 rings (SSSR count). The number of rotatable bonds is 3. The molecule has 20 heavy (non-hydrogen) atoms. The molecular weight excluding hydrogens is 255 g/mol. The first-order chi connectivity index (χ1) is 9.60. The van der Waals surface area contributed by atoms with Crippen LogP contribution in [-0.4, -0.2) is 5.91 Å². The van der Waals surface area contributed by atoms with E-state index in [-0.39, 0.29) is 11.7 Å². The van der Waals surface area contributed by atoms with Crippen LogP contribution in [-0.2, 0) is 6.54 Å². The van der Waals surface area contributed by atoms with Gasteiger partial charge in [-0.25, -0.2) is 4.39 Å². The first kappa shape index (κ1) is 13.8. The number of hydrogen-bond donors (Lipinski definition) is 1. The number of halogens is 1. The SMILES string of the molecule is Cc1cc(C(=O)NCc2cccc(C#N)c2)ccc1F. The normalized spacial score (nSPS) is 9.85. The van der Waals surface area contributed by atoms with Crippen LogP contribution in [0.15, 0.2) is 42.5 Å². The molecule has 0 unspecified atom stereocenters. The zero-order chi connectivity index (χ0) is 14.5. The molecule has 1 N–H and O–H groups in total. The van der Waals surface area contributed by atoms with E-state index >= 15 is 0 Å². The molecule has 0 spiro atoms. The Morgan fingerprint density at radius 1 is 1.30 bits per heavy atom. The van der Waals surface area contributed by atoms with Gasteiger partial charge in [-0.05, 0) is 48.4 Å². The Hall–Kier alpha value is -2.67. The summed E-state index contributed by atoms with van der Waals surface area (Å²) in [4.78, 5) is 11.9. The number of carbonyl (C=O) groups is 1. The van der Waals surface area contributed by atoms with Crippen LogP contribution < -0.4 is 5.32 Å². The molecule has 0 aromatic heterocycles. The first-order valence-electron chi connectivity index (χ1n) is 6.13. The van der Waals surface area contributed by atoms with Crippen molar-refractivity contribution in [1.82, 2.24) is 5.32 Å². The topological polar surface area (TPSA) is 52.9 Å². The van der Waals surface area contributed by atoms with E-state index in [0.29, 0.717) is 23.2 Å². The fourth-order valence-electron chi connectivity index (χ4n) is 1.82. The van der Waals surface area contributed by atoms with Crippen LogP contribution in [0.2, 0.25) is 0 Å². The summed E-state index contributed by atoms with van der Waals surface area (Å²) in [6.07, 6.45) is 0. The predicted molar refractivity (Wildman–Crippen MR) is 73.5 cm³/mol. The van der Waals surface area contributed by atoms with Crippen LogP contribution in [0, 0.1) is 24.1 Å². The highest BCUT2D eigenvalue weighted by Crippen LogP contribution is 2.10. The van der Waals surface area contributed by atoms with E-state index in [1.807, 2.05) is 12.1 Å². The van der Waals surface area contributed by atoms with Gasteiger partial charge < -0.3 is 5.32 Å². The van der Waals surface area contributed by atoms with E-state index in [9.17, 15) is 9.18 Å². The minimum absolute atomic E-state index is 0.268. The maximum absolute atomic E-state index is 13.1. The Balaban J connectivity index is 2.05. The van der Waals surface area contributed by atoms with Crippen molar-refractivity contribution in [3.8, 4) is 6.07 Å². The second-order valence-corrected chi connectivity index (χ2v) is 4.46. The highest BCUT2D eigenvalue weighted by molar-refractivity contribution is 5.94. The van der Waals surface area contributed by atoms with Gasteiger partial charge in [-0.2, -0.15) is 5.26 Å². The number of nitriles is 1. The van der Waals surface area contributed by atoms with Crippen molar-refractivity contribution in [3.05, 3.63) is 70.5 Å². The van der Waals surface area contributed by atoms with Gasteiger partial charge in [0.15, 0.2) is 0 Å². The zero-order valence-corrected chi connectivity index (χ0v) is 11.0. The minimum atomic E-state index is -0.330. The number of nitrogens with zero attached hydrogens (tertiary/aromatic N) is 1. The maximum atomic E-state index is 13.1. The van der Waals surface area contributed by atoms with Crippen LogP contribution in [0.5, 0.6) is 0 Å². The third-order valence-electron chi connectivity index (χ3n) is 2.93. The van der Waals surface area contributed by atoms with E-state index in [4.69, 9.17) is 5.26 Å². The molecule has 100 valence electrons. The van der Waals surface area contributed by atoms with Gasteiger partial charge in [-0.3, -0.25) is 4.79 Å². The first-order valence-corrected chi connectivity index (χ1v) is 6.13. The van der Waals surface area contributed by atoms with E-state index in [2.05, 4.69) is 5.32 Å². The van der Waals surface area contributed by atoms with Gasteiger partial charge in [0.25, 0.3) is 5.91 Å². The molecular formula is C16H13FN2O. The van der Waals surface area contributed by atoms with E-state index in [1.165, 1.54) is 18.2 Å². The Kier molecular flexibility index (Phi) is 4.11. The lowest BCUT2D eigenvalue weighted by atomic mass is 10.1. The molecule has 0 saturated heterocycles. The average Bonchev–Trinajstić information content (AvgIpc) is 2.47. The van der Waals surface area contributed by atoms with E-state index in [0.717, 1.165) is 5.56 Å². The summed E-state index contributed by atoms with van der Waals surface area (Å²) in [5.74, 6) is -0.598. The monoisotopic (exact) mass is 268 g/mol. The Bertz CT molecular complexity index is 689. The fourth-order valence-corrected chi connectivity index (χ4v) is 1.82. The molecule has 0 fully saturated rings. The number of amides is 1. The lowest BCUT2D eigenvalue weighted by Crippen LogP contribution is -2.22. The van der Waals surface area contributed by atoms with Crippen molar-refractivity contribution >= 4 is 5.91 Å². The molecule has 0 aliphatic carbocycles. The summed E-state index contributed by atoms with van der Waals surface area (Å²) in [6, 6.07) is 13.3. The summed E-state index contributed by atoms with van der Waals surface area (Å²) in [5.41, 5.74) is 2.25. The molecule has 0 aliphatic rings. The fraction of sp³-hybridized carbons (Fsp3) is 0.125. The summed E-state index contributed by atoms with van der Waals surface area (Å²) in [7, 11) is 0.